The van der Waals surface area contributed by atoms with E-state index < -0.39 is 11.9 Å². The number of hydrogen-bond acceptors (Lipinski definition) is 3. The SMILES string of the molecule is CON(C)C(=O)C(C)=C(C)C(=O)O. The summed E-state index contributed by atoms with van der Waals surface area (Å²) in [6, 6.07) is 0. The third-order valence-corrected chi connectivity index (χ3v) is 1.76. The van der Waals surface area contributed by atoms with Crippen molar-refractivity contribution in [2.75, 3.05) is 14.2 Å². The van der Waals surface area contributed by atoms with Gasteiger partial charge in [-0.1, -0.05) is 0 Å². The highest BCUT2D eigenvalue weighted by Gasteiger charge is 2.15. The molecule has 0 aliphatic heterocycles. The van der Waals surface area contributed by atoms with Crippen LogP contribution in [0.3, 0.4) is 0 Å². The molecular formula is C8H13NO4. The average Bonchev–Trinajstić information content (AvgIpc) is 2.12. The Hall–Kier alpha value is -1.36. The van der Waals surface area contributed by atoms with Gasteiger partial charge in [0.05, 0.1) is 7.11 Å². The van der Waals surface area contributed by atoms with Gasteiger partial charge in [0.2, 0.25) is 0 Å². The van der Waals surface area contributed by atoms with E-state index in [1.165, 1.54) is 28.0 Å². The number of carboxylic acids is 1. The first-order valence-electron chi connectivity index (χ1n) is 3.64. The highest BCUT2D eigenvalue weighted by atomic mass is 16.7. The molecule has 0 unspecified atom stereocenters. The second-order valence-electron chi connectivity index (χ2n) is 2.54. The second-order valence-corrected chi connectivity index (χ2v) is 2.54. The molecule has 74 valence electrons. The average molecular weight is 187 g/mol. The number of carbonyl (C=O) groups is 2. The molecule has 1 amide bonds. The van der Waals surface area contributed by atoms with Gasteiger partial charge in [-0.05, 0) is 13.8 Å². The van der Waals surface area contributed by atoms with E-state index in [4.69, 9.17) is 5.11 Å². The lowest BCUT2D eigenvalue weighted by Gasteiger charge is -2.14. The first-order chi connectivity index (χ1) is 5.91. The largest absolute Gasteiger partial charge is 0.478 e. The summed E-state index contributed by atoms with van der Waals surface area (Å²) in [5.74, 6) is -1.56. The zero-order valence-electron chi connectivity index (χ0n) is 8.12. The Labute approximate surface area is 76.5 Å². The third kappa shape index (κ3) is 2.87. The lowest BCUT2D eigenvalue weighted by Crippen LogP contribution is -2.27. The fraction of sp³-hybridized carbons (Fsp3) is 0.500. The summed E-state index contributed by atoms with van der Waals surface area (Å²) < 4.78 is 0. The van der Waals surface area contributed by atoms with E-state index >= 15 is 0 Å². The van der Waals surface area contributed by atoms with Gasteiger partial charge in [0.1, 0.15) is 0 Å². The van der Waals surface area contributed by atoms with Gasteiger partial charge in [0, 0.05) is 18.2 Å². The number of rotatable bonds is 3. The van der Waals surface area contributed by atoms with E-state index in [1.807, 2.05) is 0 Å². The number of nitrogens with zero attached hydrogens (tertiary/aromatic N) is 1. The number of aliphatic carboxylic acids is 1. The smallest absolute Gasteiger partial charge is 0.331 e. The minimum absolute atomic E-state index is 0.0221. The van der Waals surface area contributed by atoms with Crippen LogP contribution in [0.5, 0.6) is 0 Å². The van der Waals surface area contributed by atoms with Crippen molar-refractivity contribution in [2.24, 2.45) is 0 Å². The molecule has 0 aromatic carbocycles. The molecule has 0 bridgehead atoms. The predicted octanol–water partition coefficient (Wildman–Crippen LogP) is 0.427. The molecule has 0 aromatic heterocycles. The number of likely N-dealkylation sites (N-methyl/N-ethyl adjacent to an activating group) is 1. The molecule has 0 aromatic rings. The molecule has 0 aliphatic rings. The minimum Gasteiger partial charge on any atom is -0.478 e. The van der Waals surface area contributed by atoms with Crippen LogP contribution < -0.4 is 0 Å². The van der Waals surface area contributed by atoms with E-state index in [-0.39, 0.29) is 11.1 Å². The monoisotopic (exact) mass is 187 g/mol. The minimum atomic E-state index is -1.10. The van der Waals surface area contributed by atoms with Crippen molar-refractivity contribution < 1.29 is 19.5 Å². The Morgan fingerprint density at radius 2 is 1.69 bits per heavy atom. The van der Waals surface area contributed by atoms with Gasteiger partial charge in [-0.25, -0.2) is 9.86 Å². The van der Waals surface area contributed by atoms with Crippen molar-refractivity contribution in [2.45, 2.75) is 13.8 Å². The number of hydrogen-bond donors (Lipinski definition) is 1. The van der Waals surface area contributed by atoms with Crippen LogP contribution in [0.2, 0.25) is 0 Å². The van der Waals surface area contributed by atoms with Crippen LogP contribution >= 0.6 is 0 Å². The number of carboxylic acid groups (broad SMARTS) is 1. The molecule has 0 heterocycles. The summed E-state index contributed by atoms with van der Waals surface area (Å²) in [7, 11) is 2.75. The van der Waals surface area contributed by atoms with Gasteiger partial charge in [-0.3, -0.25) is 9.63 Å². The van der Waals surface area contributed by atoms with Gasteiger partial charge in [0.25, 0.3) is 5.91 Å². The number of amides is 1. The van der Waals surface area contributed by atoms with E-state index in [0.29, 0.717) is 0 Å². The standard InChI is InChI=1S/C8H13NO4/c1-5(6(2)8(11)12)7(10)9(3)13-4/h1-4H3,(H,11,12). The van der Waals surface area contributed by atoms with Gasteiger partial charge in [-0.15, -0.1) is 0 Å². The lowest BCUT2D eigenvalue weighted by atomic mass is 10.1. The molecule has 0 rings (SSSR count). The Kier molecular flexibility index (Phi) is 4.13. The predicted molar refractivity (Wildman–Crippen MR) is 45.8 cm³/mol. The summed E-state index contributed by atoms with van der Waals surface area (Å²) in [5, 5.41) is 9.56. The van der Waals surface area contributed by atoms with Gasteiger partial charge in [-0.2, -0.15) is 0 Å². The summed E-state index contributed by atoms with van der Waals surface area (Å²) in [6.07, 6.45) is 0. The fourth-order valence-electron chi connectivity index (χ4n) is 0.640. The third-order valence-electron chi connectivity index (χ3n) is 1.76. The molecule has 0 aliphatic carbocycles. The number of carbonyl (C=O) groups excluding carboxylic acids is 1. The topological polar surface area (TPSA) is 66.8 Å². The summed E-state index contributed by atoms with van der Waals surface area (Å²) >= 11 is 0. The van der Waals surface area contributed by atoms with Crippen molar-refractivity contribution >= 4 is 11.9 Å². The summed E-state index contributed by atoms with van der Waals surface area (Å²) in [5.41, 5.74) is 0.186. The maximum Gasteiger partial charge on any atom is 0.331 e. The van der Waals surface area contributed by atoms with Crippen molar-refractivity contribution in [3.05, 3.63) is 11.1 Å². The zero-order valence-corrected chi connectivity index (χ0v) is 8.12. The van der Waals surface area contributed by atoms with Gasteiger partial charge in [0.15, 0.2) is 0 Å². The van der Waals surface area contributed by atoms with Crippen molar-refractivity contribution in [1.82, 2.24) is 5.06 Å². The quantitative estimate of drug-likeness (QED) is 0.514. The van der Waals surface area contributed by atoms with E-state index in [1.54, 1.807) is 0 Å². The highest BCUT2D eigenvalue weighted by molar-refractivity contribution is 6.00. The Balaban J connectivity index is 4.78. The molecule has 1 N–H and O–H groups in total. The molecule has 0 fully saturated rings. The molecule has 5 nitrogen and oxygen atoms in total. The molecule has 5 heteroatoms. The van der Waals surface area contributed by atoms with E-state index in [2.05, 4.69) is 4.84 Å². The molecule has 0 saturated carbocycles. The van der Waals surface area contributed by atoms with Crippen LogP contribution in [0.15, 0.2) is 11.1 Å². The maximum absolute atomic E-state index is 11.3. The van der Waals surface area contributed by atoms with E-state index in [0.717, 1.165) is 5.06 Å². The van der Waals surface area contributed by atoms with Crippen LogP contribution in [0, 0.1) is 0 Å². The van der Waals surface area contributed by atoms with Crippen molar-refractivity contribution in [1.29, 1.82) is 0 Å². The Bertz CT molecular complexity index is 257. The molecule has 0 saturated heterocycles. The van der Waals surface area contributed by atoms with Crippen LogP contribution in [0.4, 0.5) is 0 Å². The molecular weight excluding hydrogens is 174 g/mol. The fourth-order valence-corrected chi connectivity index (χ4v) is 0.640. The summed E-state index contributed by atoms with van der Waals surface area (Å²) in [4.78, 5) is 26.4. The van der Waals surface area contributed by atoms with Crippen molar-refractivity contribution in [3.63, 3.8) is 0 Å². The Morgan fingerprint density at radius 3 is 2.00 bits per heavy atom. The van der Waals surface area contributed by atoms with Crippen LogP contribution in [-0.4, -0.2) is 36.2 Å². The first-order valence-corrected chi connectivity index (χ1v) is 3.64. The first kappa shape index (κ1) is 11.6. The summed E-state index contributed by atoms with van der Waals surface area (Å²) in [6.45, 7) is 2.82. The normalized spacial score (nSPS) is 12.0. The van der Waals surface area contributed by atoms with Crippen LogP contribution in [-0.2, 0) is 14.4 Å². The van der Waals surface area contributed by atoms with E-state index in [9.17, 15) is 9.59 Å². The second kappa shape index (κ2) is 4.61. The Morgan fingerprint density at radius 1 is 1.23 bits per heavy atom. The number of hydroxylamine groups is 2. The lowest BCUT2D eigenvalue weighted by molar-refractivity contribution is -0.164. The van der Waals surface area contributed by atoms with Crippen LogP contribution in [0.1, 0.15) is 13.8 Å². The molecule has 0 atom stereocenters. The van der Waals surface area contributed by atoms with Gasteiger partial charge >= 0.3 is 5.97 Å². The van der Waals surface area contributed by atoms with Crippen LogP contribution in [0.25, 0.3) is 0 Å². The van der Waals surface area contributed by atoms with Crippen molar-refractivity contribution in [3.8, 4) is 0 Å². The zero-order chi connectivity index (χ0) is 10.6. The molecule has 13 heavy (non-hydrogen) atoms. The molecule has 0 radical (unpaired) electrons. The maximum atomic E-state index is 11.3. The highest BCUT2D eigenvalue weighted by Crippen LogP contribution is 2.06. The van der Waals surface area contributed by atoms with Gasteiger partial charge < -0.3 is 5.11 Å². The molecule has 0 spiro atoms.